The second-order valence-corrected chi connectivity index (χ2v) is 6.75. The number of rotatable bonds is 4. The van der Waals surface area contributed by atoms with Crippen LogP contribution in [0, 0.1) is 0 Å². The summed E-state index contributed by atoms with van der Waals surface area (Å²) < 4.78 is 48.3. The Morgan fingerprint density at radius 1 is 1.22 bits per heavy atom. The first-order valence-corrected chi connectivity index (χ1v) is 9.07. The minimum Gasteiger partial charge on any atom is -0.435 e. The van der Waals surface area contributed by atoms with Gasteiger partial charge < -0.3 is 14.4 Å². The third-order valence-electron chi connectivity index (χ3n) is 4.06. The molecule has 1 unspecified atom stereocenters. The molecule has 150 valence electrons. The fraction of sp³-hybridized carbons (Fsp3) is 0.529. The Labute approximate surface area is 164 Å². The monoisotopic (exact) mass is 427 g/mol. The van der Waals surface area contributed by atoms with Gasteiger partial charge in [0.05, 0.1) is 18.6 Å². The zero-order valence-electron chi connectivity index (χ0n) is 14.4. The smallest absolute Gasteiger partial charge is 0.435 e. The molecule has 1 fully saturated rings. The summed E-state index contributed by atoms with van der Waals surface area (Å²) in [5.74, 6) is -0.451. The summed E-state index contributed by atoms with van der Waals surface area (Å²) in [7, 11) is 0. The van der Waals surface area contributed by atoms with Crippen molar-refractivity contribution in [1.82, 2.24) is 4.90 Å². The normalized spacial score (nSPS) is 17.6. The first-order valence-electron chi connectivity index (χ1n) is 8.31. The molecule has 0 aliphatic carbocycles. The molecule has 1 amide bonds. The van der Waals surface area contributed by atoms with E-state index in [2.05, 4.69) is 0 Å². The average molecular weight is 428 g/mol. The van der Waals surface area contributed by atoms with Crippen molar-refractivity contribution in [2.24, 2.45) is 0 Å². The highest BCUT2D eigenvalue weighted by Gasteiger charge is 2.34. The lowest BCUT2D eigenvalue weighted by atomic mass is 10.0. The van der Waals surface area contributed by atoms with Crippen LogP contribution < -0.4 is 0 Å². The van der Waals surface area contributed by atoms with Crippen LogP contribution in [0.25, 0.3) is 0 Å². The predicted molar refractivity (Wildman–Crippen MR) is 92.6 cm³/mol. The van der Waals surface area contributed by atoms with Gasteiger partial charge in [0.2, 0.25) is 5.91 Å². The Morgan fingerprint density at radius 3 is 2.41 bits per heavy atom. The van der Waals surface area contributed by atoms with E-state index in [1.807, 2.05) is 0 Å². The Kier molecular flexibility index (Phi) is 7.22. The van der Waals surface area contributed by atoms with Crippen LogP contribution in [-0.2, 0) is 26.9 Å². The van der Waals surface area contributed by atoms with Gasteiger partial charge in [-0.3, -0.25) is 4.79 Å². The number of halogens is 5. The zero-order chi connectivity index (χ0) is 20.2. The molecule has 1 atom stereocenters. The number of hydrogen-bond donors (Lipinski definition) is 0. The van der Waals surface area contributed by atoms with Gasteiger partial charge in [-0.05, 0) is 37.5 Å². The maximum Gasteiger partial charge on any atom is 0.510 e. The number of piperidine rings is 1. The summed E-state index contributed by atoms with van der Waals surface area (Å²) >= 11 is 11.9. The van der Waals surface area contributed by atoms with Crippen LogP contribution in [0.4, 0.5) is 18.0 Å². The molecule has 10 heteroatoms. The zero-order valence-corrected chi connectivity index (χ0v) is 16.0. The maximum absolute atomic E-state index is 12.8. The minimum atomic E-state index is -4.60. The Hall–Kier alpha value is -1.67. The van der Waals surface area contributed by atoms with Crippen molar-refractivity contribution >= 4 is 35.3 Å². The van der Waals surface area contributed by atoms with Crippen LogP contribution in [0.3, 0.4) is 0 Å². The first kappa shape index (κ1) is 21.6. The van der Waals surface area contributed by atoms with E-state index in [0.717, 1.165) is 18.6 Å². The van der Waals surface area contributed by atoms with Crippen LogP contribution in [0.2, 0.25) is 10.0 Å². The number of ether oxygens (including phenoxy) is 2. The molecule has 0 bridgehead atoms. The molecule has 1 aromatic carbocycles. The van der Waals surface area contributed by atoms with Crippen molar-refractivity contribution in [3.63, 3.8) is 0 Å². The Balaban J connectivity index is 2.16. The molecule has 0 radical (unpaired) electrons. The summed E-state index contributed by atoms with van der Waals surface area (Å²) in [6.45, 7) is 2.11. The molecule has 1 aliphatic heterocycles. The number of benzene rings is 1. The number of nitrogens with zero attached hydrogens (tertiary/aromatic N) is 1. The van der Waals surface area contributed by atoms with Gasteiger partial charge in [0, 0.05) is 23.0 Å². The predicted octanol–water partition coefficient (Wildman–Crippen LogP) is 5.07. The molecule has 0 saturated carbocycles. The lowest BCUT2D eigenvalue weighted by Gasteiger charge is -2.34. The molecule has 27 heavy (non-hydrogen) atoms. The average Bonchev–Trinajstić information content (AvgIpc) is 2.57. The van der Waals surface area contributed by atoms with Crippen LogP contribution >= 0.6 is 23.2 Å². The van der Waals surface area contributed by atoms with E-state index in [1.165, 1.54) is 4.90 Å². The summed E-state index contributed by atoms with van der Waals surface area (Å²) in [5.41, 5.74) is -0.896. The fourth-order valence-electron chi connectivity index (χ4n) is 2.76. The number of carbonyl (C=O) groups excluding carboxylic acids is 2. The van der Waals surface area contributed by atoms with Crippen molar-refractivity contribution in [1.29, 1.82) is 0 Å². The topological polar surface area (TPSA) is 55.8 Å². The standard InChI is InChI=1S/C17H18Cl2F3NO4/c1-2-26-16(25)27-15-5-3-4-6-23(15)14(24)9-11-12(18)7-10(8-13(11)19)17(20,21)22/h7-8,15H,2-6,9H2,1H3. The molecular formula is C17H18Cl2F3NO4. The van der Waals surface area contributed by atoms with Crippen LogP contribution in [-0.4, -0.2) is 36.3 Å². The molecule has 2 rings (SSSR count). The second-order valence-electron chi connectivity index (χ2n) is 5.93. The molecule has 0 aromatic heterocycles. The Bertz CT molecular complexity index is 689. The summed E-state index contributed by atoms with van der Waals surface area (Å²) in [6, 6.07) is 1.47. The molecule has 1 saturated heterocycles. The van der Waals surface area contributed by atoms with Crippen molar-refractivity contribution in [2.45, 2.75) is 45.0 Å². The van der Waals surface area contributed by atoms with E-state index >= 15 is 0 Å². The van der Waals surface area contributed by atoms with E-state index in [0.29, 0.717) is 19.4 Å². The van der Waals surface area contributed by atoms with Crippen LogP contribution in [0.5, 0.6) is 0 Å². The lowest BCUT2D eigenvalue weighted by Crippen LogP contribution is -2.46. The lowest BCUT2D eigenvalue weighted by molar-refractivity contribution is -0.145. The largest absolute Gasteiger partial charge is 0.510 e. The summed E-state index contributed by atoms with van der Waals surface area (Å²) in [6.07, 6.45) is -4.66. The molecule has 5 nitrogen and oxygen atoms in total. The van der Waals surface area contributed by atoms with Gasteiger partial charge in [-0.15, -0.1) is 0 Å². The number of alkyl halides is 3. The number of likely N-dealkylation sites (tertiary alicyclic amines) is 1. The van der Waals surface area contributed by atoms with Gasteiger partial charge in [0.1, 0.15) is 0 Å². The molecule has 1 aromatic rings. The van der Waals surface area contributed by atoms with E-state index in [9.17, 15) is 22.8 Å². The Morgan fingerprint density at radius 2 is 1.85 bits per heavy atom. The van der Waals surface area contributed by atoms with Gasteiger partial charge in [0.25, 0.3) is 0 Å². The van der Waals surface area contributed by atoms with Crippen LogP contribution in [0.15, 0.2) is 12.1 Å². The quantitative estimate of drug-likeness (QED) is 0.629. The molecule has 0 N–H and O–H groups in total. The van der Waals surface area contributed by atoms with Gasteiger partial charge >= 0.3 is 12.3 Å². The highest BCUT2D eigenvalue weighted by Crippen LogP contribution is 2.36. The molecule has 0 spiro atoms. The van der Waals surface area contributed by atoms with E-state index in [4.69, 9.17) is 32.7 Å². The van der Waals surface area contributed by atoms with E-state index in [-0.39, 0.29) is 28.6 Å². The molecule has 1 heterocycles. The molecule has 1 aliphatic rings. The SMILES string of the molecule is CCOC(=O)OC1CCCCN1C(=O)Cc1c(Cl)cc(C(F)(F)F)cc1Cl. The van der Waals surface area contributed by atoms with Crippen molar-refractivity contribution in [2.75, 3.05) is 13.2 Å². The first-order chi connectivity index (χ1) is 12.6. The van der Waals surface area contributed by atoms with E-state index in [1.54, 1.807) is 6.92 Å². The van der Waals surface area contributed by atoms with Crippen molar-refractivity contribution in [3.8, 4) is 0 Å². The van der Waals surface area contributed by atoms with Crippen molar-refractivity contribution < 1.29 is 32.2 Å². The highest BCUT2D eigenvalue weighted by atomic mass is 35.5. The summed E-state index contributed by atoms with van der Waals surface area (Å²) in [4.78, 5) is 25.6. The van der Waals surface area contributed by atoms with Crippen molar-refractivity contribution in [3.05, 3.63) is 33.3 Å². The van der Waals surface area contributed by atoms with Gasteiger partial charge in [-0.1, -0.05) is 23.2 Å². The van der Waals surface area contributed by atoms with Gasteiger partial charge in [-0.25, -0.2) is 4.79 Å². The minimum absolute atomic E-state index is 0.0943. The van der Waals surface area contributed by atoms with E-state index < -0.39 is 30.0 Å². The van der Waals surface area contributed by atoms with Gasteiger partial charge in [0.15, 0.2) is 6.23 Å². The number of amides is 1. The maximum atomic E-state index is 12.8. The number of carbonyl (C=O) groups is 2. The van der Waals surface area contributed by atoms with Crippen LogP contribution in [0.1, 0.15) is 37.3 Å². The third kappa shape index (κ3) is 5.65. The van der Waals surface area contributed by atoms with Gasteiger partial charge in [-0.2, -0.15) is 13.2 Å². The number of hydrogen-bond acceptors (Lipinski definition) is 4. The second kappa shape index (κ2) is 9.01. The highest BCUT2D eigenvalue weighted by molar-refractivity contribution is 6.36. The summed E-state index contributed by atoms with van der Waals surface area (Å²) in [5, 5.41) is -0.494. The fourth-order valence-corrected chi connectivity index (χ4v) is 3.38. The molecular weight excluding hydrogens is 410 g/mol. The third-order valence-corrected chi connectivity index (χ3v) is 4.73.